The molecule has 1 fully saturated rings. The molecule has 2 N–H and O–H groups in total. The number of halogens is 1. The molecule has 0 amide bonds. The Morgan fingerprint density at radius 2 is 1.64 bits per heavy atom. The fraction of sp³-hybridized carbons (Fsp3) is 0.412. The van der Waals surface area contributed by atoms with E-state index in [9.17, 15) is 5.11 Å². The predicted molar refractivity (Wildman–Crippen MR) is 89.8 cm³/mol. The summed E-state index contributed by atoms with van der Waals surface area (Å²) in [6.07, 6.45) is 7.58. The van der Waals surface area contributed by atoms with E-state index >= 15 is 0 Å². The minimum absolute atomic E-state index is 0. The van der Waals surface area contributed by atoms with Gasteiger partial charge >= 0.3 is 0 Å². The number of benzene rings is 1. The van der Waals surface area contributed by atoms with Crippen LogP contribution in [-0.2, 0) is 6.54 Å². The summed E-state index contributed by atoms with van der Waals surface area (Å²) < 4.78 is 0. The Labute approximate surface area is 137 Å². The molecule has 0 unspecified atom stereocenters. The van der Waals surface area contributed by atoms with Crippen molar-refractivity contribution in [2.75, 3.05) is 0 Å². The summed E-state index contributed by atoms with van der Waals surface area (Å²) in [4.78, 5) is 8.87. The molecule has 4 nitrogen and oxygen atoms in total. The molecule has 0 radical (unpaired) electrons. The van der Waals surface area contributed by atoms with E-state index in [1.165, 1.54) is 0 Å². The van der Waals surface area contributed by atoms with Gasteiger partial charge in [0.2, 0.25) is 0 Å². The van der Waals surface area contributed by atoms with Crippen LogP contribution in [0.4, 0.5) is 0 Å². The van der Waals surface area contributed by atoms with Crippen LogP contribution in [0, 0.1) is 0 Å². The molecule has 0 saturated heterocycles. The minimum atomic E-state index is -0.100. The van der Waals surface area contributed by atoms with Gasteiger partial charge in [0, 0.05) is 36.1 Å². The molecule has 1 saturated carbocycles. The average Bonchev–Trinajstić information content (AvgIpc) is 2.56. The second kappa shape index (κ2) is 8.22. The molecule has 118 valence electrons. The van der Waals surface area contributed by atoms with E-state index in [-0.39, 0.29) is 18.5 Å². The van der Waals surface area contributed by atoms with Crippen molar-refractivity contribution >= 4 is 12.4 Å². The summed E-state index contributed by atoms with van der Waals surface area (Å²) in [6, 6.07) is 10.5. The molecule has 2 aromatic rings. The zero-order valence-corrected chi connectivity index (χ0v) is 13.3. The van der Waals surface area contributed by atoms with Crippen LogP contribution in [0.1, 0.15) is 31.2 Å². The number of nitrogens with zero attached hydrogens (tertiary/aromatic N) is 2. The van der Waals surface area contributed by atoms with E-state index < -0.39 is 0 Å². The largest absolute Gasteiger partial charge is 0.393 e. The van der Waals surface area contributed by atoms with Crippen LogP contribution in [0.15, 0.2) is 42.7 Å². The lowest BCUT2D eigenvalue weighted by Crippen LogP contribution is -2.34. The highest BCUT2D eigenvalue weighted by Crippen LogP contribution is 2.19. The predicted octanol–water partition coefficient (Wildman–Crippen LogP) is 2.96. The fourth-order valence-electron chi connectivity index (χ4n) is 2.72. The highest BCUT2D eigenvalue weighted by molar-refractivity contribution is 5.85. The smallest absolute Gasteiger partial charge is 0.159 e. The van der Waals surface area contributed by atoms with Gasteiger partial charge in [-0.25, -0.2) is 9.97 Å². The Balaban J connectivity index is 0.00000176. The summed E-state index contributed by atoms with van der Waals surface area (Å²) in [7, 11) is 0. The molecular formula is C17H22ClN3O. The minimum Gasteiger partial charge on any atom is -0.393 e. The number of hydrogen-bond donors (Lipinski definition) is 2. The second-order valence-corrected chi connectivity index (χ2v) is 5.67. The van der Waals surface area contributed by atoms with Crippen LogP contribution < -0.4 is 5.32 Å². The topological polar surface area (TPSA) is 58.0 Å². The van der Waals surface area contributed by atoms with Crippen molar-refractivity contribution in [1.82, 2.24) is 15.3 Å². The van der Waals surface area contributed by atoms with Crippen molar-refractivity contribution in [2.24, 2.45) is 0 Å². The Morgan fingerprint density at radius 3 is 2.27 bits per heavy atom. The van der Waals surface area contributed by atoms with Crippen LogP contribution in [0.5, 0.6) is 0 Å². The van der Waals surface area contributed by atoms with Gasteiger partial charge in [0.05, 0.1) is 6.10 Å². The third-order valence-corrected chi connectivity index (χ3v) is 4.03. The molecule has 1 aromatic heterocycles. The number of hydrogen-bond acceptors (Lipinski definition) is 4. The molecule has 0 bridgehead atoms. The van der Waals surface area contributed by atoms with Gasteiger partial charge in [0.1, 0.15) is 0 Å². The zero-order valence-electron chi connectivity index (χ0n) is 12.5. The SMILES string of the molecule is Cl.OC1CCC(NCc2cnc(-c3ccccc3)nc2)CC1. The Kier molecular flexibility index (Phi) is 6.31. The van der Waals surface area contributed by atoms with Gasteiger partial charge < -0.3 is 10.4 Å². The average molecular weight is 320 g/mol. The molecule has 1 heterocycles. The monoisotopic (exact) mass is 319 g/mol. The van der Waals surface area contributed by atoms with E-state index in [0.29, 0.717) is 6.04 Å². The molecular weight excluding hydrogens is 298 g/mol. The maximum atomic E-state index is 9.50. The maximum Gasteiger partial charge on any atom is 0.159 e. The fourth-order valence-corrected chi connectivity index (χ4v) is 2.72. The summed E-state index contributed by atoms with van der Waals surface area (Å²) in [5.74, 6) is 0.764. The van der Waals surface area contributed by atoms with Crippen LogP contribution >= 0.6 is 12.4 Å². The van der Waals surface area contributed by atoms with Crippen LogP contribution in [0.25, 0.3) is 11.4 Å². The first-order chi connectivity index (χ1) is 10.3. The first kappa shape index (κ1) is 16.9. The number of nitrogens with one attached hydrogen (secondary N) is 1. The van der Waals surface area contributed by atoms with Gasteiger partial charge in [-0.3, -0.25) is 0 Å². The Morgan fingerprint density at radius 1 is 1.00 bits per heavy atom. The zero-order chi connectivity index (χ0) is 14.5. The van der Waals surface area contributed by atoms with E-state index in [4.69, 9.17) is 0 Å². The third kappa shape index (κ3) is 4.50. The highest BCUT2D eigenvalue weighted by atomic mass is 35.5. The summed E-state index contributed by atoms with van der Waals surface area (Å²) >= 11 is 0. The number of aliphatic hydroxyl groups excluding tert-OH is 1. The van der Waals surface area contributed by atoms with Crippen molar-refractivity contribution in [3.8, 4) is 11.4 Å². The highest BCUT2D eigenvalue weighted by Gasteiger charge is 2.18. The van der Waals surface area contributed by atoms with Crippen molar-refractivity contribution in [3.05, 3.63) is 48.3 Å². The van der Waals surface area contributed by atoms with Crippen LogP contribution in [-0.4, -0.2) is 27.2 Å². The molecule has 22 heavy (non-hydrogen) atoms. The lowest BCUT2D eigenvalue weighted by Gasteiger charge is -2.26. The van der Waals surface area contributed by atoms with Crippen molar-refractivity contribution in [1.29, 1.82) is 0 Å². The maximum absolute atomic E-state index is 9.50. The standard InChI is InChI=1S/C17H21N3O.ClH/c21-16-8-6-15(7-9-16)18-10-13-11-19-17(20-12-13)14-4-2-1-3-5-14;/h1-5,11-12,15-16,18,21H,6-10H2;1H. The van der Waals surface area contributed by atoms with Crippen LogP contribution in [0.3, 0.4) is 0 Å². The van der Waals surface area contributed by atoms with Gasteiger partial charge in [0.15, 0.2) is 5.82 Å². The summed E-state index contributed by atoms with van der Waals surface area (Å²) in [5, 5.41) is 13.0. The van der Waals surface area contributed by atoms with E-state index in [0.717, 1.165) is 49.2 Å². The molecule has 0 atom stereocenters. The summed E-state index contributed by atoms with van der Waals surface area (Å²) in [6.45, 7) is 0.788. The molecule has 0 aliphatic heterocycles. The third-order valence-electron chi connectivity index (χ3n) is 4.03. The van der Waals surface area contributed by atoms with Gasteiger partial charge in [0.25, 0.3) is 0 Å². The molecule has 5 heteroatoms. The van der Waals surface area contributed by atoms with Gasteiger partial charge in [-0.15, -0.1) is 12.4 Å². The van der Waals surface area contributed by atoms with E-state index in [1.54, 1.807) is 0 Å². The molecule has 1 aromatic carbocycles. The van der Waals surface area contributed by atoms with Crippen molar-refractivity contribution in [2.45, 2.75) is 44.4 Å². The normalized spacial score (nSPS) is 21.1. The molecule has 1 aliphatic carbocycles. The molecule has 3 rings (SSSR count). The number of rotatable bonds is 4. The quantitative estimate of drug-likeness (QED) is 0.909. The first-order valence-corrected chi connectivity index (χ1v) is 7.59. The van der Waals surface area contributed by atoms with Gasteiger partial charge in [-0.2, -0.15) is 0 Å². The van der Waals surface area contributed by atoms with Gasteiger partial charge in [-0.1, -0.05) is 30.3 Å². The Bertz CT molecular complexity index is 554. The number of aromatic nitrogens is 2. The van der Waals surface area contributed by atoms with Gasteiger partial charge in [-0.05, 0) is 25.7 Å². The lowest BCUT2D eigenvalue weighted by atomic mass is 9.93. The van der Waals surface area contributed by atoms with E-state index in [1.807, 2.05) is 42.7 Å². The lowest BCUT2D eigenvalue weighted by molar-refractivity contribution is 0.116. The molecule has 0 spiro atoms. The number of aliphatic hydroxyl groups is 1. The van der Waals surface area contributed by atoms with Crippen molar-refractivity contribution < 1.29 is 5.11 Å². The van der Waals surface area contributed by atoms with E-state index in [2.05, 4.69) is 15.3 Å². The Hall–Kier alpha value is -1.49. The van der Waals surface area contributed by atoms with Crippen LogP contribution in [0.2, 0.25) is 0 Å². The second-order valence-electron chi connectivity index (χ2n) is 5.67. The summed E-state index contributed by atoms with van der Waals surface area (Å²) in [5.41, 5.74) is 2.14. The first-order valence-electron chi connectivity index (χ1n) is 7.59. The van der Waals surface area contributed by atoms with Crippen molar-refractivity contribution in [3.63, 3.8) is 0 Å². The molecule has 1 aliphatic rings.